The molecule has 0 aromatic heterocycles. The van der Waals surface area contributed by atoms with Gasteiger partial charge in [-0.05, 0) is 45.6 Å². The van der Waals surface area contributed by atoms with E-state index in [1.54, 1.807) is 7.11 Å². The maximum absolute atomic E-state index is 5.24. The summed E-state index contributed by atoms with van der Waals surface area (Å²) in [4.78, 5) is 2.19. The molecule has 0 heterocycles. The second-order valence-corrected chi connectivity index (χ2v) is 4.83. The van der Waals surface area contributed by atoms with Crippen molar-refractivity contribution in [2.45, 2.75) is 25.9 Å². The van der Waals surface area contributed by atoms with Gasteiger partial charge >= 0.3 is 0 Å². The van der Waals surface area contributed by atoms with Crippen LogP contribution in [0.5, 0.6) is 5.75 Å². The molecule has 0 bridgehead atoms. The molecule has 17 heavy (non-hydrogen) atoms. The van der Waals surface area contributed by atoms with Crippen LogP contribution in [-0.4, -0.2) is 38.7 Å². The molecule has 1 aromatic carbocycles. The number of ether oxygens (including phenoxy) is 1. The van der Waals surface area contributed by atoms with Gasteiger partial charge in [0.15, 0.2) is 0 Å². The van der Waals surface area contributed by atoms with Crippen molar-refractivity contribution in [3.05, 3.63) is 29.8 Å². The van der Waals surface area contributed by atoms with E-state index in [-0.39, 0.29) is 0 Å². The maximum Gasteiger partial charge on any atom is 0.119 e. The largest absolute Gasteiger partial charge is 0.497 e. The van der Waals surface area contributed by atoms with Crippen molar-refractivity contribution >= 4 is 0 Å². The molecule has 0 amide bonds. The van der Waals surface area contributed by atoms with Gasteiger partial charge in [-0.3, -0.25) is 0 Å². The number of hydrogen-bond donors (Lipinski definition) is 1. The monoisotopic (exact) mass is 236 g/mol. The standard InChI is InChI=1S/C14H24N2O/c1-11(10-16(3)4)15-12(2)13-7-6-8-14(9-13)17-5/h6-9,11-12,15H,10H2,1-5H3. The zero-order valence-electron chi connectivity index (χ0n) is 11.5. The van der Waals surface area contributed by atoms with Gasteiger partial charge in [0.25, 0.3) is 0 Å². The Morgan fingerprint density at radius 2 is 2.00 bits per heavy atom. The van der Waals surface area contributed by atoms with E-state index in [1.165, 1.54) is 5.56 Å². The molecule has 1 rings (SSSR count). The van der Waals surface area contributed by atoms with Crippen molar-refractivity contribution in [3.63, 3.8) is 0 Å². The minimum absolute atomic E-state index is 0.333. The van der Waals surface area contributed by atoms with Gasteiger partial charge in [-0.25, -0.2) is 0 Å². The zero-order chi connectivity index (χ0) is 12.8. The van der Waals surface area contributed by atoms with Gasteiger partial charge in [0, 0.05) is 18.6 Å². The Balaban J connectivity index is 2.59. The lowest BCUT2D eigenvalue weighted by Crippen LogP contribution is -2.37. The molecule has 3 heteroatoms. The fourth-order valence-corrected chi connectivity index (χ4v) is 2.03. The molecule has 0 spiro atoms. The summed E-state index contributed by atoms with van der Waals surface area (Å²) in [6.45, 7) is 5.42. The SMILES string of the molecule is COc1cccc(C(C)NC(C)CN(C)C)c1. The predicted octanol–water partition coefficient (Wildman–Crippen LogP) is 2.30. The summed E-state index contributed by atoms with van der Waals surface area (Å²) in [7, 11) is 5.88. The number of benzene rings is 1. The molecule has 1 N–H and O–H groups in total. The number of nitrogens with zero attached hydrogens (tertiary/aromatic N) is 1. The Labute approximate surface area is 105 Å². The highest BCUT2D eigenvalue weighted by Crippen LogP contribution is 2.19. The van der Waals surface area contributed by atoms with Gasteiger partial charge in [-0.1, -0.05) is 12.1 Å². The van der Waals surface area contributed by atoms with Gasteiger partial charge in [0.1, 0.15) is 5.75 Å². The number of methoxy groups -OCH3 is 1. The quantitative estimate of drug-likeness (QED) is 0.820. The van der Waals surface area contributed by atoms with E-state index in [9.17, 15) is 0 Å². The van der Waals surface area contributed by atoms with Crippen molar-refractivity contribution < 1.29 is 4.74 Å². The van der Waals surface area contributed by atoms with Crippen LogP contribution in [-0.2, 0) is 0 Å². The molecule has 0 saturated carbocycles. The third-order valence-corrected chi connectivity index (χ3v) is 2.77. The topological polar surface area (TPSA) is 24.5 Å². The summed E-state index contributed by atoms with van der Waals surface area (Å²) in [6.07, 6.45) is 0. The van der Waals surface area contributed by atoms with E-state index in [0.717, 1.165) is 12.3 Å². The summed E-state index contributed by atoms with van der Waals surface area (Å²) in [6, 6.07) is 9.01. The molecule has 96 valence electrons. The van der Waals surface area contributed by atoms with Crippen molar-refractivity contribution in [2.75, 3.05) is 27.7 Å². The molecule has 3 nitrogen and oxygen atoms in total. The highest BCUT2D eigenvalue weighted by atomic mass is 16.5. The summed E-state index contributed by atoms with van der Waals surface area (Å²) in [5.74, 6) is 0.913. The molecular formula is C14H24N2O. The summed E-state index contributed by atoms with van der Waals surface area (Å²) in [5.41, 5.74) is 1.26. The fourth-order valence-electron chi connectivity index (χ4n) is 2.03. The van der Waals surface area contributed by atoms with Gasteiger partial charge < -0.3 is 15.0 Å². The number of nitrogens with one attached hydrogen (secondary N) is 1. The van der Waals surface area contributed by atoms with E-state index >= 15 is 0 Å². The van der Waals surface area contributed by atoms with Crippen LogP contribution in [0.3, 0.4) is 0 Å². The number of hydrogen-bond acceptors (Lipinski definition) is 3. The smallest absolute Gasteiger partial charge is 0.119 e. The van der Waals surface area contributed by atoms with Gasteiger partial charge in [-0.15, -0.1) is 0 Å². The third-order valence-electron chi connectivity index (χ3n) is 2.77. The second kappa shape index (κ2) is 6.62. The van der Waals surface area contributed by atoms with E-state index in [4.69, 9.17) is 4.74 Å². The Bertz CT molecular complexity index is 339. The molecule has 0 aliphatic heterocycles. The van der Waals surface area contributed by atoms with Crippen LogP contribution in [0.4, 0.5) is 0 Å². The highest BCUT2D eigenvalue weighted by molar-refractivity contribution is 5.30. The first-order chi connectivity index (χ1) is 8.02. The molecule has 0 radical (unpaired) electrons. The second-order valence-electron chi connectivity index (χ2n) is 4.83. The van der Waals surface area contributed by atoms with Crippen LogP contribution in [0.1, 0.15) is 25.5 Å². The average molecular weight is 236 g/mol. The van der Waals surface area contributed by atoms with Gasteiger partial charge in [0.05, 0.1) is 7.11 Å². The predicted molar refractivity (Wildman–Crippen MR) is 72.6 cm³/mol. The van der Waals surface area contributed by atoms with E-state index in [2.05, 4.69) is 50.3 Å². The first-order valence-electron chi connectivity index (χ1n) is 6.07. The minimum atomic E-state index is 0.333. The summed E-state index contributed by atoms with van der Waals surface area (Å²) < 4.78 is 5.24. The normalized spacial score (nSPS) is 14.7. The molecular weight excluding hydrogens is 212 g/mol. The van der Waals surface area contributed by atoms with Gasteiger partial charge in [0.2, 0.25) is 0 Å². The molecule has 0 aliphatic rings. The Morgan fingerprint density at radius 1 is 1.29 bits per heavy atom. The lowest BCUT2D eigenvalue weighted by molar-refractivity contribution is 0.334. The van der Waals surface area contributed by atoms with Crippen LogP contribution in [0.15, 0.2) is 24.3 Å². The Kier molecular flexibility index (Phi) is 5.45. The summed E-state index contributed by atoms with van der Waals surface area (Å²) in [5, 5.41) is 3.58. The Hall–Kier alpha value is -1.06. The first kappa shape index (κ1) is 14.0. The molecule has 0 saturated heterocycles. The van der Waals surface area contributed by atoms with Crippen molar-refractivity contribution in [1.29, 1.82) is 0 Å². The Morgan fingerprint density at radius 3 is 2.59 bits per heavy atom. The zero-order valence-corrected chi connectivity index (χ0v) is 11.5. The van der Waals surface area contributed by atoms with E-state index < -0.39 is 0 Å². The van der Waals surface area contributed by atoms with Crippen LogP contribution in [0, 0.1) is 0 Å². The number of rotatable bonds is 6. The van der Waals surface area contributed by atoms with Crippen LogP contribution < -0.4 is 10.1 Å². The average Bonchev–Trinajstić information content (AvgIpc) is 2.27. The van der Waals surface area contributed by atoms with Crippen molar-refractivity contribution in [2.24, 2.45) is 0 Å². The van der Waals surface area contributed by atoms with Gasteiger partial charge in [-0.2, -0.15) is 0 Å². The minimum Gasteiger partial charge on any atom is -0.497 e. The van der Waals surface area contributed by atoms with Crippen LogP contribution in [0.25, 0.3) is 0 Å². The highest BCUT2D eigenvalue weighted by Gasteiger charge is 2.10. The van der Waals surface area contributed by atoms with Crippen LogP contribution >= 0.6 is 0 Å². The molecule has 0 aliphatic carbocycles. The van der Waals surface area contributed by atoms with E-state index in [0.29, 0.717) is 12.1 Å². The lowest BCUT2D eigenvalue weighted by atomic mass is 10.1. The third kappa shape index (κ3) is 4.75. The van der Waals surface area contributed by atoms with Crippen LogP contribution in [0.2, 0.25) is 0 Å². The molecule has 1 aromatic rings. The first-order valence-corrected chi connectivity index (χ1v) is 6.07. The molecule has 2 unspecified atom stereocenters. The fraction of sp³-hybridized carbons (Fsp3) is 0.571. The van der Waals surface area contributed by atoms with Crippen molar-refractivity contribution in [1.82, 2.24) is 10.2 Å². The number of likely N-dealkylation sites (N-methyl/N-ethyl adjacent to an activating group) is 1. The van der Waals surface area contributed by atoms with Crippen molar-refractivity contribution in [3.8, 4) is 5.75 Å². The van der Waals surface area contributed by atoms with E-state index in [1.807, 2.05) is 12.1 Å². The molecule has 0 fully saturated rings. The summed E-state index contributed by atoms with van der Waals surface area (Å²) >= 11 is 0. The lowest BCUT2D eigenvalue weighted by Gasteiger charge is -2.23. The maximum atomic E-state index is 5.24. The molecule has 2 atom stereocenters.